The molecule has 1 heterocycles. The summed E-state index contributed by atoms with van der Waals surface area (Å²) < 4.78 is 19.1. The van der Waals surface area contributed by atoms with Crippen molar-refractivity contribution in [1.82, 2.24) is 0 Å². The lowest BCUT2D eigenvalue weighted by molar-refractivity contribution is -0.120. The number of carbonyl (C=O) groups excluding carboxylic acids is 2. The molecule has 0 radical (unpaired) electrons. The van der Waals surface area contributed by atoms with E-state index >= 15 is 0 Å². The zero-order valence-electron chi connectivity index (χ0n) is 16.8. The van der Waals surface area contributed by atoms with Crippen LogP contribution in [0.25, 0.3) is 5.57 Å². The molecule has 0 spiro atoms. The van der Waals surface area contributed by atoms with Gasteiger partial charge in [0.2, 0.25) is 0 Å². The van der Waals surface area contributed by atoms with Crippen molar-refractivity contribution in [3.8, 4) is 5.75 Å². The van der Waals surface area contributed by atoms with E-state index in [9.17, 15) is 14.0 Å². The Balaban J connectivity index is 1.86. The molecule has 0 saturated carbocycles. The third-order valence-electron chi connectivity index (χ3n) is 4.90. The van der Waals surface area contributed by atoms with Crippen LogP contribution in [-0.4, -0.2) is 18.9 Å². The van der Waals surface area contributed by atoms with Crippen molar-refractivity contribution in [1.29, 1.82) is 0 Å². The van der Waals surface area contributed by atoms with Crippen LogP contribution in [0.15, 0.2) is 72.4 Å². The quantitative estimate of drug-likeness (QED) is 0.559. The summed E-state index contributed by atoms with van der Waals surface area (Å²) in [5.41, 5.74) is 2.37. The maximum absolute atomic E-state index is 13.7. The predicted molar refractivity (Wildman–Crippen MR) is 119 cm³/mol. The first-order chi connectivity index (χ1) is 14.9. The minimum absolute atomic E-state index is 0.0430. The number of methoxy groups -OCH3 is 1. The van der Waals surface area contributed by atoms with Gasteiger partial charge in [-0.25, -0.2) is 9.29 Å². The molecule has 0 atom stereocenters. The average Bonchev–Trinajstić information content (AvgIpc) is 2.98. The molecular formula is C24H18ClFN2O3. The number of aryl methyl sites for hydroxylation is 1. The molecule has 31 heavy (non-hydrogen) atoms. The summed E-state index contributed by atoms with van der Waals surface area (Å²) in [6.45, 7) is 1.93. The second-order valence-corrected chi connectivity index (χ2v) is 7.45. The number of hydrogen-bond donors (Lipinski definition) is 1. The van der Waals surface area contributed by atoms with Gasteiger partial charge in [0, 0.05) is 10.7 Å². The van der Waals surface area contributed by atoms with Gasteiger partial charge >= 0.3 is 0 Å². The third kappa shape index (κ3) is 3.90. The Morgan fingerprint density at radius 1 is 0.968 bits per heavy atom. The molecular weight excluding hydrogens is 419 g/mol. The Hall–Kier alpha value is -3.64. The fourth-order valence-electron chi connectivity index (χ4n) is 3.40. The van der Waals surface area contributed by atoms with Crippen molar-refractivity contribution in [3.05, 3.63) is 94.4 Å². The topological polar surface area (TPSA) is 58.6 Å². The summed E-state index contributed by atoms with van der Waals surface area (Å²) >= 11 is 6.13. The molecule has 3 aromatic rings. The van der Waals surface area contributed by atoms with Gasteiger partial charge in [-0.2, -0.15) is 0 Å². The number of nitrogens with one attached hydrogen (secondary N) is 1. The normalized spacial score (nSPS) is 13.7. The van der Waals surface area contributed by atoms with Crippen LogP contribution in [0.5, 0.6) is 5.75 Å². The van der Waals surface area contributed by atoms with Gasteiger partial charge in [-0.1, -0.05) is 47.5 Å². The second kappa shape index (κ2) is 8.24. The van der Waals surface area contributed by atoms with Crippen molar-refractivity contribution < 1.29 is 18.7 Å². The number of halogens is 2. The van der Waals surface area contributed by atoms with Gasteiger partial charge in [0.1, 0.15) is 17.3 Å². The molecule has 156 valence electrons. The largest absolute Gasteiger partial charge is 0.495 e. The molecule has 1 aliphatic heterocycles. The second-order valence-electron chi connectivity index (χ2n) is 7.01. The van der Waals surface area contributed by atoms with E-state index in [1.54, 1.807) is 30.3 Å². The van der Waals surface area contributed by atoms with E-state index < -0.39 is 17.6 Å². The molecule has 0 unspecified atom stereocenters. The monoisotopic (exact) mass is 436 g/mol. The fourth-order valence-corrected chi connectivity index (χ4v) is 3.57. The summed E-state index contributed by atoms with van der Waals surface area (Å²) in [6, 6.07) is 17.6. The van der Waals surface area contributed by atoms with Gasteiger partial charge in [-0.05, 0) is 48.9 Å². The Morgan fingerprint density at radius 2 is 1.71 bits per heavy atom. The number of benzene rings is 3. The number of imide groups is 1. The fraction of sp³-hybridized carbons (Fsp3) is 0.0833. The van der Waals surface area contributed by atoms with Gasteiger partial charge in [-0.3, -0.25) is 9.59 Å². The molecule has 4 rings (SSSR count). The van der Waals surface area contributed by atoms with Gasteiger partial charge in [-0.15, -0.1) is 0 Å². The van der Waals surface area contributed by atoms with Crippen LogP contribution in [0, 0.1) is 12.7 Å². The smallest absolute Gasteiger partial charge is 0.282 e. The van der Waals surface area contributed by atoms with Crippen molar-refractivity contribution in [2.24, 2.45) is 0 Å². The van der Waals surface area contributed by atoms with Crippen LogP contribution in [0.3, 0.4) is 0 Å². The first-order valence-electron chi connectivity index (χ1n) is 9.45. The molecule has 0 bridgehead atoms. The lowest BCUT2D eigenvalue weighted by atomic mass is 10.0. The molecule has 0 aliphatic carbocycles. The van der Waals surface area contributed by atoms with E-state index in [-0.39, 0.29) is 17.0 Å². The molecule has 7 heteroatoms. The summed E-state index contributed by atoms with van der Waals surface area (Å²) in [4.78, 5) is 27.9. The van der Waals surface area contributed by atoms with Crippen molar-refractivity contribution in [3.63, 3.8) is 0 Å². The van der Waals surface area contributed by atoms with Crippen LogP contribution in [0.4, 0.5) is 15.8 Å². The van der Waals surface area contributed by atoms with E-state index in [0.29, 0.717) is 22.0 Å². The number of amides is 2. The van der Waals surface area contributed by atoms with Crippen molar-refractivity contribution in [2.75, 3.05) is 17.3 Å². The summed E-state index contributed by atoms with van der Waals surface area (Å²) in [5, 5.41) is 3.28. The molecule has 3 aromatic carbocycles. The Kier molecular flexibility index (Phi) is 5.48. The first-order valence-corrected chi connectivity index (χ1v) is 9.83. The van der Waals surface area contributed by atoms with Crippen LogP contribution in [0.2, 0.25) is 5.02 Å². The standard InChI is InChI=1S/C24H18ClFN2O3/c1-14-6-8-15(9-7-14)21-22(27-18-5-3-4-17(26)13-18)24(30)28(23(21)29)19-12-16(25)10-11-20(19)31-2/h3-13,27H,1-2H3. The maximum Gasteiger partial charge on any atom is 0.282 e. The van der Waals surface area contributed by atoms with Gasteiger partial charge in [0.05, 0.1) is 18.4 Å². The molecule has 0 aromatic heterocycles. The lowest BCUT2D eigenvalue weighted by Gasteiger charge is -2.18. The van der Waals surface area contributed by atoms with E-state index in [1.807, 2.05) is 19.1 Å². The summed E-state index contributed by atoms with van der Waals surface area (Å²) in [6.07, 6.45) is 0. The van der Waals surface area contributed by atoms with E-state index in [4.69, 9.17) is 16.3 Å². The van der Waals surface area contributed by atoms with Crippen LogP contribution < -0.4 is 15.0 Å². The number of ether oxygens (including phenoxy) is 1. The predicted octanol–water partition coefficient (Wildman–Crippen LogP) is 5.19. The lowest BCUT2D eigenvalue weighted by Crippen LogP contribution is -2.32. The highest BCUT2D eigenvalue weighted by molar-refractivity contribution is 6.46. The van der Waals surface area contributed by atoms with Crippen molar-refractivity contribution in [2.45, 2.75) is 6.92 Å². The van der Waals surface area contributed by atoms with Crippen LogP contribution in [-0.2, 0) is 9.59 Å². The first kappa shape index (κ1) is 20.6. The molecule has 0 saturated heterocycles. The Labute approximate surface area is 183 Å². The highest BCUT2D eigenvalue weighted by atomic mass is 35.5. The Morgan fingerprint density at radius 3 is 2.39 bits per heavy atom. The average molecular weight is 437 g/mol. The number of rotatable bonds is 5. The third-order valence-corrected chi connectivity index (χ3v) is 5.14. The van der Waals surface area contributed by atoms with E-state index in [1.165, 1.54) is 31.4 Å². The molecule has 1 aliphatic rings. The molecule has 2 amide bonds. The van der Waals surface area contributed by atoms with Gasteiger partial charge < -0.3 is 10.1 Å². The summed E-state index contributed by atoms with van der Waals surface area (Å²) in [5.74, 6) is -1.27. The SMILES string of the molecule is COc1ccc(Cl)cc1N1C(=O)C(Nc2cccc(F)c2)=C(c2ccc(C)cc2)C1=O. The summed E-state index contributed by atoms with van der Waals surface area (Å²) in [7, 11) is 1.44. The highest BCUT2D eigenvalue weighted by Gasteiger charge is 2.41. The van der Waals surface area contributed by atoms with Crippen LogP contribution in [0.1, 0.15) is 11.1 Å². The number of anilines is 2. The number of nitrogens with zero attached hydrogens (tertiary/aromatic N) is 1. The minimum atomic E-state index is -0.592. The highest BCUT2D eigenvalue weighted by Crippen LogP contribution is 2.39. The van der Waals surface area contributed by atoms with Gasteiger partial charge in [0.15, 0.2) is 0 Å². The zero-order valence-corrected chi connectivity index (χ0v) is 17.5. The molecule has 1 N–H and O–H groups in total. The number of hydrogen-bond acceptors (Lipinski definition) is 4. The van der Waals surface area contributed by atoms with E-state index in [0.717, 1.165) is 10.5 Å². The van der Waals surface area contributed by atoms with E-state index in [2.05, 4.69) is 5.32 Å². The number of carbonyl (C=O) groups is 2. The van der Waals surface area contributed by atoms with Crippen LogP contribution >= 0.6 is 11.6 Å². The maximum atomic E-state index is 13.7. The van der Waals surface area contributed by atoms with Gasteiger partial charge in [0.25, 0.3) is 11.8 Å². The minimum Gasteiger partial charge on any atom is -0.495 e. The van der Waals surface area contributed by atoms with Crippen molar-refractivity contribution >= 4 is 40.4 Å². The molecule has 5 nitrogen and oxygen atoms in total. The molecule has 0 fully saturated rings. The zero-order chi connectivity index (χ0) is 22.1. The Bertz CT molecular complexity index is 1220.